The van der Waals surface area contributed by atoms with Crippen LogP contribution in [0.1, 0.15) is 33.1 Å². The molecule has 1 nitrogen and oxygen atoms in total. The fraction of sp³-hybridized carbons (Fsp3) is 0.818. The van der Waals surface area contributed by atoms with Gasteiger partial charge in [-0.1, -0.05) is 26.0 Å². The molecular weight excluding hydrogens is 148 g/mol. The van der Waals surface area contributed by atoms with Crippen molar-refractivity contribution in [3.63, 3.8) is 0 Å². The summed E-state index contributed by atoms with van der Waals surface area (Å²) in [6.45, 7) is 8.64. The first-order valence-electron chi connectivity index (χ1n) is 4.89. The first-order chi connectivity index (χ1) is 5.53. The summed E-state index contributed by atoms with van der Waals surface area (Å²) in [4.78, 5) is 0. The van der Waals surface area contributed by atoms with Gasteiger partial charge in [0.2, 0.25) is 0 Å². The number of rotatable bonds is 0. The lowest BCUT2D eigenvalue weighted by molar-refractivity contribution is 0.00378. The Morgan fingerprint density at radius 2 is 2.08 bits per heavy atom. The van der Waals surface area contributed by atoms with Crippen LogP contribution in [0.2, 0.25) is 0 Å². The molecule has 68 valence electrons. The SMILES string of the molecule is C=C1CC2CCC(O)C1C2(C)C. The molecule has 2 aliphatic carbocycles. The summed E-state index contributed by atoms with van der Waals surface area (Å²) in [5, 5.41) is 9.84. The van der Waals surface area contributed by atoms with Crippen LogP contribution in [0, 0.1) is 17.3 Å². The van der Waals surface area contributed by atoms with Crippen molar-refractivity contribution in [1.82, 2.24) is 0 Å². The van der Waals surface area contributed by atoms with E-state index >= 15 is 0 Å². The first-order valence-corrected chi connectivity index (χ1v) is 4.89. The zero-order valence-electron chi connectivity index (χ0n) is 8.01. The Balaban J connectivity index is 2.35. The van der Waals surface area contributed by atoms with Crippen LogP contribution in [0.5, 0.6) is 0 Å². The highest BCUT2D eigenvalue weighted by Crippen LogP contribution is 2.56. The topological polar surface area (TPSA) is 20.2 Å². The zero-order valence-corrected chi connectivity index (χ0v) is 8.01. The van der Waals surface area contributed by atoms with E-state index in [0.29, 0.717) is 11.3 Å². The number of hydrogen-bond donors (Lipinski definition) is 1. The predicted molar refractivity (Wildman–Crippen MR) is 49.8 cm³/mol. The largest absolute Gasteiger partial charge is 0.392 e. The van der Waals surface area contributed by atoms with Gasteiger partial charge in [0, 0.05) is 5.92 Å². The maximum Gasteiger partial charge on any atom is 0.0610 e. The average Bonchev–Trinajstić information content (AvgIpc) is 2.12. The lowest BCUT2D eigenvalue weighted by atomic mass is 9.66. The van der Waals surface area contributed by atoms with Gasteiger partial charge in [0.25, 0.3) is 0 Å². The second kappa shape index (κ2) is 2.35. The van der Waals surface area contributed by atoms with E-state index in [9.17, 15) is 5.11 Å². The van der Waals surface area contributed by atoms with E-state index in [-0.39, 0.29) is 6.10 Å². The summed E-state index contributed by atoms with van der Waals surface area (Å²) in [6.07, 6.45) is 3.20. The van der Waals surface area contributed by atoms with Gasteiger partial charge in [-0.25, -0.2) is 0 Å². The molecule has 2 rings (SSSR count). The zero-order chi connectivity index (χ0) is 8.93. The van der Waals surface area contributed by atoms with Crippen molar-refractivity contribution in [3.8, 4) is 0 Å². The summed E-state index contributed by atoms with van der Waals surface area (Å²) >= 11 is 0. The summed E-state index contributed by atoms with van der Waals surface area (Å²) in [5.41, 5.74) is 1.59. The van der Waals surface area contributed by atoms with Crippen molar-refractivity contribution in [3.05, 3.63) is 12.2 Å². The van der Waals surface area contributed by atoms with Crippen molar-refractivity contribution in [2.45, 2.75) is 39.2 Å². The van der Waals surface area contributed by atoms with Gasteiger partial charge in [0.05, 0.1) is 6.10 Å². The molecule has 0 saturated heterocycles. The molecule has 0 aliphatic heterocycles. The molecule has 2 fully saturated rings. The number of fused-ring (bicyclic) bond motifs is 2. The number of hydrogen-bond acceptors (Lipinski definition) is 1. The van der Waals surface area contributed by atoms with Gasteiger partial charge >= 0.3 is 0 Å². The first kappa shape index (κ1) is 8.31. The molecule has 1 N–H and O–H groups in total. The fourth-order valence-electron chi connectivity index (χ4n) is 3.27. The molecule has 2 bridgehead atoms. The molecule has 2 aliphatic rings. The minimum Gasteiger partial charge on any atom is -0.392 e. The third-order valence-corrected chi connectivity index (χ3v) is 4.00. The van der Waals surface area contributed by atoms with Crippen LogP contribution >= 0.6 is 0 Å². The van der Waals surface area contributed by atoms with Crippen LogP contribution in [0.15, 0.2) is 12.2 Å². The Morgan fingerprint density at radius 1 is 1.42 bits per heavy atom. The van der Waals surface area contributed by atoms with Crippen LogP contribution in [0.3, 0.4) is 0 Å². The molecular formula is C11H18O. The van der Waals surface area contributed by atoms with Crippen molar-refractivity contribution in [1.29, 1.82) is 0 Å². The van der Waals surface area contributed by atoms with E-state index in [0.717, 1.165) is 18.8 Å². The monoisotopic (exact) mass is 166 g/mol. The van der Waals surface area contributed by atoms with E-state index < -0.39 is 0 Å². The number of aliphatic hydroxyl groups is 1. The van der Waals surface area contributed by atoms with Crippen molar-refractivity contribution < 1.29 is 5.11 Å². The Morgan fingerprint density at radius 3 is 2.67 bits per heavy atom. The van der Waals surface area contributed by atoms with Crippen LogP contribution in [0.4, 0.5) is 0 Å². The fourth-order valence-corrected chi connectivity index (χ4v) is 3.27. The lowest BCUT2D eigenvalue weighted by Crippen LogP contribution is -2.38. The Labute approximate surface area is 74.5 Å². The van der Waals surface area contributed by atoms with Gasteiger partial charge in [-0.2, -0.15) is 0 Å². The summed E-state index contributed by atoms with van der Waals surface area (Å²) in [5.74, 6) is 1.15. The highest BCUT2D eigenvalue weighted by Gasteiger charge is 2.51. The van der Waals surface area contributed by atoms with Crippen LogP contribution in [-0.4, -0.2) is 11.2 Å². The molecule has 0 aromatic rings. The van der Waals surface area contributed by atoms with Gasteiger partial charge < -0.3 is 5.11 Å². The summed E-state index contributed by atoms with van der Waals surface area (Å²) < 4.78 is 0. The third-order valence-electron chi connectivity index (χ3n) is 4.00. The van der Waals surface area contributed by atoms with E-state index in [1.54, 1.807) is 0 Å². The van der Waals surface area contributed by atoms with Gasteiger partial charge in [0.15, 0.2) is 0 Å². The molecule has 0 aromatic carbocycles. The lowest BCUT2D eigenvalue weighted by Gasteiger charge is -2.40. The number of aliphatic hydroxyl groups excluding tert-OH is 1. The van der Waals surface area contributed by atoms with E-state index in [1.165, 1.54) is 12.0 Å². The average molecular weight is 166 g/mol. The van der Waals surface area contributed by atoms with Crippen molar-refractivity contribution in [2.75, 3.05) is 0 Å². The van der Waals surface area contributed by atoms with Crippen LogP contribution < -0.4 is 0 Å². The molecule has 0 spiro atoms. The standard InChI is InChI=1S/C11H18O/c1-7-6-8-4-5-9(12)10(7)11(8,2)3/h8-10,12H,1,4-6H2,2-3H3. The Hall–Kier alpha value is -0.300. The molecule has 12 heavy (non-hydrogen) atoms. The third kappa shape index (κ3) is 0.891. The van der Waals surface area contributed by atoms with Gasteiger partial charge in [-0.3, -0.25) is 0 Å². The molecule has 0 radical (unpaired) electrons. The molecule has 0 heterocycles. The van der Waals surface area contributed by atoms with Crippen molar-refractivity contribution in [2.24, 2.45) is 17.3 Å². The second-order valence-corrected chi connectivity index (χ2v) is 5.00. The predicted octanol–water partition coefficient (Wildman–Crippen LogP) is 2.36. The highest BCUT2D eigenvalue weighted by atomic mass is 16.3. The second-order valence-electron chi connectivity index (χ2n) is 5.00. The van der Waals surface area contributed by atoms with Crippen LogP contribution in [-0.2, 0) is 0 Å². The normalized spacial score (nSPS) is 44.9. The quantitative estimate of drug-likeness (QED) is 0.548. The van der Waals surface area contributed by atoms with E-state index in [1.807, 2.05) is 0 Å². The maximum absolute atomic E-state index is 9.84. The molecule has 2 saturated carbocycles. The van der Waals surface area contributed by atoms with Gasteiger partial charge in [-0.15, -0.1) is 0 Å². The van der Waals surface area contributed by atoms with E-state index in [2.05, 4.69) is 20.4 Å². The van der Waals surface area contributed by atoms with Crippen LogP contribution in [0.25, 0.3) is 0 Å². The Kier molecular flexibility index (Phi) is 1.63. The van der Waals surface area contributed by atoms with E-state index in [4.69, 9.17) is 0 Å². The summed E-state index contributed by atoms with van der Waals surface area (Å²) in [7, 11) is 0. The maximum atomic E-state index is 9.84. The molecule has 0 aromatic heterocycles. The highest BCUT2D eigenvalue weighted by molar-refractivity contribution is 5.19. The molecule has 1 heteroatoms. The summed E-state index contributed by atoms with van der Waals surface area (Å²) in [6, 6.07) is 0. The molecule has 3 atom stereocenters. The van der Waals surface area contributed by atoms with Gasteiger partial charge in [0.1, 0.15) is 0 Å². The minimum absolute atomic E-state index is 0.119. The minimum atomic E-state index is -0.119. The molecule has 3 unspecified atom stereocenters. The van der Waals surface area contributed by atoms with Crippen molar-refractivity contribution >= 4 is 0 Å². The van der Waals surface area contributed by atoms with Gasteiger partial charge in [-0.05, 0) is 30.6 Å². The Bertz CT molecular complexity index is 217. The molecule has 0 amide bonds. The smallest absolute Gasteiger partial charge is 0.0610 e.